The molecule has 1 aliphatic heterocycles. The van der Waals surface area contributed by atoms with Crippen molar-refractivity contribution in [3.05, 3.63) is 41.8 Å². The highest BCUT2D eigenvalue weighted by molar-refractivity contribution is 7.88. The highest BCUT2D eigenvalue weighted by atomic mass is 32.2. The Morgan fingerprint density at radius 1 is 1.40 bits per heavy atom. The minimum absolute atomic E-state index is 0.0911. The Bertz CT molecular complexity index is 903. The van der Waals surface area contributed by atoms with E-state index in [0.717, 1.165) is 6.26 Å². The first kappa shape index (κ1) is 17.7. The highest BCUT2D eigenvalue weighted by Gasteiger charge is 2.26. The van der Waals surface area contributed by atoms with Gasteiger partial charge < -0.3 is 10.1 Å². The first-order valence-corrected chi connectivity index (χ1v) is 9.59. The van der Waals surface area contributed by atoms with Gasteiger partial charge >= 0.3 is 0 Å². The maximum atomic E-state index is 13.8. The number of halogens is 1. The number of sulfonamides is 1. The van der Waals surface area contributed by atoms with E-state index in [2.05, 4.69) is 10.3 Å². The molecule has 0 spiro atoms. The van der Waals surface area contributed by atoms with Crippen molar-refractivity contribution in [2.45, 2.75) is 6.10 Å². The van der Waals surface area contributed by atoms with Crippen LogP contribution in [0.3, 0.4) is 0 Å². The van der Waals surface area contributed by atoms with E-state index in [1.54, 1.807) is 18.2 Å². The van der Waals surface area contributed by atoms with Crippen LogP contribution in [0.1, 0.15) is 10.5 Å². The molecule has 134 valence electrons. The van der Waals surface area contributed by atoms with Crippen LogP contribution in [0.2, 0.25) is 0 Å². The van der Waals surface area contributed by atoms with Crippen molar-refractivity contribution in [2.24, 2.45) is 0 Å². The fraction of sp³-hybridized carbons (Fsp3) is 0.375. The van der Waals surface area contributed by atoms with Gasteiger partial charge in [-0.3, -0.25) is 4.79 Å². The predicted octanol–water partition coefficient (Wildman–Crippen LogP) is 0.764. The molecule has 1 N–H and O–H groups in total. The number of carbonyl (C=O) groups excluding carboxylic acids is 1. The SMILES string of the molecule is CS(=O)(=O)N1CCO[C@@H](CNC(=O)c2ccc3cccc(F)c3n2)C1. The summed E-state index contributed by atoms with van der Waals surface area (Å²) in [4.78, 5) is 16.3. The van der Waals surface area contributed by atoms with Crippen molar-refractivity contribution < 1.29 is 22.3 Å². The summed E-state index contributed by atoms with van der Waals surface area (Å²) in [5, 5.41) is 3.26. The molecule has 0 saturated carbocycles. The van der Waals surface area contributed by atoms with Crippen molar-refractivity contribution >= 4 is 26.8 Å². The lowest BCUT2D eigenvalue weighted by molar-refractivity contribution is 0.000414. The summed E-state index contributed by atoms with van der Waals surface area (Å²) in [5.74, 6) is -0.961. The number of benzene rings is 1. The van der Waals surface area contributed by atoms with Crippen LogP contribution in [0.5, 0.6) is 0 Å². The fourth-order valence-electron chi connectivity index (χ4n) is 2.65. The minimum atomic E-state index is -3.29. The average molecular weight is 367 g/mol. The molecule has 1 aliphatic rings. The number of rotatable bonds is 4. The molecule has 9 heteroatoms. The Morgan fingerprint density at radius 2 is 2.20 bits per heavy atom. The van der Waals surface area contributed by atoms with Gasteiger partial charge in [-0.2, -0.15) is 4.31 Å². The summed E-state index contributed by atoms with van der Waals surface area (Å²) in [5.41, 5.74) is 0.223. The molecular formula is C16H18FN3O4S. The first-order valence-electron chi connectivity index (χ1n) is 7.75. The van der Waals surface area contributed by atoms with Gasteiger partial charge in [-0.05, 0) is 12.1 Å². The molecule has 0 radical (unpaired) electrons. The predicted molar refractivity (Wildman–Crippen MR) is 90.2 cm³/mol. The van der Waals surface area contributed by atoms with Gasteiger partial charge in [-0.1, -0.05) is 18.2 Å². The van der Waals surface area contributed by atoms with E-state index < -0.39 is 27.9 Å². The molecule has 0 unspecified atom stereocenters. The van der Waals surface area contributed by atoms with Crippen LogP contribution in [0, 0.1) is 5.82 Å². The normalized spacial score (nSPS) is 19.0. The number of fused-ring (bicyclic) bond motifs is 1. The quantitative estimate of drug-likeness (QED) is 0.862. The maximum Gasteiger partial charge on any atom is 0.269 e. The number of carbonyl (C=O) groups is 1. The lowest BCUT2D eigenvalue weighted by atomic mass is 10.2. The molecule has 3 rings (SSSR count). The van der Waals surface area contributed by atoms with Crippen LogP contribution in [-0.2, 0) is 14.8 Å². The standard InChI is InChI=1S/C16H18FN3O4S/c1-25(22,23)20-7-8-24-12(10-20)9-18-16(21)14-6-5-11-3-2-4-13(17)15(11)19-14/h2-6,12H,7-10H2,1H3,(H,18,21)/t12-/m0/s1. The zero-order valence-electron chi connectivity index (χ0n) is 13.6. The van der Waals surface area contributed by atoms with Crippen molar-refractivity contribution in [2.75, 3.05) is 32.5 Å². The number of ether oxygens (including phenoxy) is 1. The summed E-state index contributed by atoms with van der Waals surface area (Å²) >= 11 is 0. The van der Waals surface area contributed by atoms with Gasteiger partial charge in [0.1, 0.15) is 17.0 Å². The van der Waals surface area contributed by atoms with Crippen molar-refractivity contribution in [3.8, 4) is 0 Å². The summed E-state index contributed by atoms with van der Waals surface area (Å²) in [6, 6.07) is 7.72. The average Bonchev–Trinajstić information content (AvgIpc) is 2.59. The van der Waals surface area contributed by atoms with Gasteiger partial charge in [0.2, 0.25) is 10.0 Å². The van der Waals surface area contributed by atoms with Crippen LogP contribution in [0.15, 0.2) is 30.3 Å². The molecule has 1 aromatic heterocycles. The third-order valence-corrected chi connectivity index (χ3v) is 5.23. The molecular weight excluding hydrogens is 349 g/mol. The molecule has 1 saturated heterocycles. The van der Waals surface area contributed by atoms with Gasteiger partial charge in [0.25, 0.3) is 5.91 Å². The Labute approximate surface area is 144 Å². The summed E-state index contributed by atoms with van der Waals surface area (Å²) in [6.07, 6.45) is 0.700. The van der Waals surface area contributed by atoms with Gasteiger partial charge in [-0.25, -0.2) is 17.8 Å². The molecule has 2 heterocycles. The van der Waals surface area contributed by atoms with E-state index in [4.69, 9.17) is 4.74 Å². The number of pyridine rings is 1. The molecule has 0 aliphatic carbocycles. The molecule has 1 amide bonds. The molecule has 0 bridgehead atoms. The summed E-state index contributed by atoms with van der Waals surface area (Å²) in [7, 11) is -3.29. The van der Waals surface area contributed by atoms with E-state index in [0.29, 0.717) is 11.9 Å². The van der Waals surface area contributed by atoms with E-state index in [1.165, 1.54) is 16.4 Å². The van der Waals surface area contributed by atoms with Crippen molar-refractivity contribution in [1.29, 1.82) is 0 Å². The van der Waals surface area contributed by atoms with Gasteiger partial charge in [0, 0.05) is 25.0 Å². The third kappa shape index (κ3) is 4.12. The minimum Gasteiger partial charge on any atom is -0.374 e. The molecule has 2 aromatic rings. The first-order chi connectivity index (χ1) is 11.8. The smallest absolute Gasteiger partial charge is 0.269 e. The number of morpholine rings is 1. The van der Waals surface area contributed by atoms with E-state index in [9.17, 15) is 17.6 Å². The van der Waals surface area contributed by atoms with Crippen LogP contribution < -0.4 is 5.32 Å². The molecule has 7 nitrogen and oxygen atoms in total. The number of para-hydroxylation sites is 1. The topological polar surface area (TPSA) is 88.6 Å². The maximum absolute atomic E-state index is 13.8. The zero-order valence-corrected chi connectivity index (χ0v) is 14.4. The number of aromatic nitrogens is 1. The van der Waals surface area contributed by atoms with Gasteiger partial charge in [0.15, 0.2) is 0 Å². The second-order valence-corrected chi connectivity index (χ2v) is 7.81. The third-order valence-electron chi connectivity index (χ3n) is 3.96. The van der Waals surface area contributed by atoms with E-state index in [1.807, 2.05) is 0 Å². The molecule has 25 heavy (non-hydrogen) atoms. The lowest BCUT2D eigenvalue weighted by Gasteiger charge is -2.31. The Balaban J connectivity index is 1.66. The largest absolute Gasteiger partial charge is 0.374 e. The lowest BCUT2D eigenvalue weighted by Crippen LogP contribution is -2.49. The van der Waals surface area contributed by atoms with Gasteiger partial charge in [-0.15, -0.1) is 0 Å². The van der Waals surface area contributed by atoms with Crippen molar-refractivity contribution in [3.63, 3.8) is 0 Å². The zero-order chi connectivity index (χ0) is 18.0. The highest BCUT2D eigenvalue weighted by Crippen LogP contribution is 2.16. The Kier molecular flexibility index (Phi) is 4.98. The van der Waals surface area contributed by atoms with Crippen LogP contribution in [0.25, 0.3) is 10.9 Å². The van der Waals surface area contributed by atoms with E-state index >= 15 is 0 Å². The second kappa shape index (κ2) is 7.03. The number of hydrogen-bond donors (Lipinski definition) is 1. The monoisotopic (exact) mass is 367 g/mol. The van der Waals surface area contributed by atoms with E-state index in [-0.39, 0.29) is 30.9 Å². The summed E-state index contributed by atoms with van der Waals surface area (Å²) < 4.78 is 43.7. The Hall–Kier alpha value is -2.10. The Morgan fingerprint density at radius 3 is 2.96 bits per heavy atom. The molecule has 1 fully saturated rings. The molecule has 1 aromatic carbocycles. The van der Waals surface area contributed by atoms with Gasteiger partial charge in [0.05, 0.1) is 19.0 Å². The van der Waals surface area contributed by atoms with Crippen LogP contribution in [0.4, 0.5) is 4.39 Å². The van der Waals surface area contributed by atoms with Crippen LogP contribution >= 0.6 is 0 Å². The number of hydrogen-bond acceptors (Lipinski definition) is 5. The fourth-order valence-corrected chi connectivity index (χ4v) is 3.49. The summed E-state index contributed by atoms with van der Waals surface area (Å²) in [6.45, 7) is 0.891. The van der Waals surface area contributed by atoms with Crippen LogP contribution in [-0.4, -0.2) is 62.2 Å². The number of nitrogens with zero attached hydrogens (tertiary/aromatic N) is 2. The van der Waals surface area contributed by atoms with Crippen molar-refractivity contribution in [1.82, 2.24) is 14.6 Å². The number of amides is 1. The second-order valence-electron chi connectivity index (χ2n) is 5.83. The number of nitrogens with one attached hydrogen (secondary N) is 1. The molecule has 1 atom stereocenters.